The van der Waals surface area contributed by atoms with Crippen molar-refractivity contribution in [2.24, 2.45) is 5.73 Å². The van der Waals surface area contributed by atoms with Crippen LogP contribution in [0.3, 0.4) is 0 Å². The normalized spacial score (nSPS) is 12.9. The Bertz CT molecular complexity index is 1260. The highest BCUT2D eigenvalue weighted by Crippen LogP contribution is 2.26. The van der Waals surface area contributed by atoms with Crippen LogP contribution in [-0.2, 0) is 22.5 Å². The molecule has 10 heteroatoms. The molecule has 35 heavy (non-hydrogen) atoms. The predicted molar refractivity (Wildman–Crippen MR) is 128 cm³/mol. The summed E-state index contributed by atoms with van der Waals surface area (Å²) in [5.74, 6) is -1.82. The molecular formula is C25H29FN4O5. The van der Waals surface area contributed by atoms with Gasteiger partial charge >= 0.3 is 5.76 Å². The van der Waals surface area contributed by atoms with Crippen molar-refractivity contribution >= 4 is 17.0 Å². The SMILES string of the molecule is CCCCOCCn1c(=O)oc2ccc(-c3ccc(C[C@@H](C#N)NC(=O)[C@@H](O)CN)c(F)c3)cc21. The average Bonchev–Trinajstić information content (AvgIpc) is 3.17. The van der Waals surface area contributed by atoms with Gasteiger partial charge in [-0.15, -0.1) is 0 Å². The molecule has 0 aliphatic carbocycles. The number of halogens is 1. The molecule has 0 aliphatic heterocycles. The quantitative estimate of drug-likeness (QED) is 0.334. The summed E-state index contributed by atoms with van der Waals surface area (Å²) >= 11 is 0. The summed E-state index contributed by atoms with van der Waals surface area (Å²) in [6, 6.07) is 10.6. The number of aliphatic hydroxyl groups is 1. The summed E-state index contributed by atoms with van der Waals surface area (Å²) in [5.41, 5.74) is 7.74. The number of aromatic nitrogens is 1. The van der Waals surface area contributed by atoms with Crippen LogP contribution in [0.15, 0.2) is 45.6 Å². The second kappa shape index (κ2) is 12.3. The Morgan fingerprint density at radius 3 is 2.71 bits per heavy atom. The molecule has 9 nitrogen and oxygen atoms in total. The smallest absolute Gasteiger partial charge is 0.408 e. The van der Waals surface area contributed by atoms with Crippen LogP contribution < -0.4 is 16.8 Å². The van der Waals surface area contributed by atoms with Gasteiger partial charge in [-0.05, 0) is 41.3 Å². The largest absolute Gasteiger partial charge is 0.420 e. The van der Waals surface area contributed by atoms with E-state index in [1.807, 2.05) is 6.07 Å². The zero-order valence-corrected chi connectivity index (χ0v) is 19.5. The summed E-state index contributed by atoms with van der Waals surface area (Å²) in [6.07, 6.45) is 0.459. The fourth-order valence-electron chi connectivity index (χ4n) is 3.57. The molecule has 0 saturated carbocycles. The number of nitrogens with zero attached hydrogens (tertiary/aromatic N) is 2. The van der Waals surface area contributed by atoms with Crippen LogP contribution in [0.4, 0.5) is 4.39 Å². The number of oxazole rings is 1. The van der Waals surface area contributed by atoms with Crippen molar-refractivity contribution in [1.82, 2.24) is 9.88 Å². The number of aliphatic hydroxyl groups excluding tert-OH is 1. The minimum Gasteiger partial charge on any atom is -0.408 e. The van der Waals surface area contributed by atoms with Crippen molar-refractivity contribution in [2.75, 3.05) is 19.8 Å². The lowest BCUT2D eigenvalue weighted by Crippen LogP contribution is -2.44. The van der Waals surface area contributed by atoms with E-state index in [-0.39, 0.29) is 18.5 Å². The van der Waals surface area contributed by atoms with Crippen molar-refractivity contribution in [3.05, 3.63) is 58.3 Å². The lowest BCUT2D eigenvalue weighted by Gasteiger charge is -2.15. The Balaban J connectivity index is 1.78. The van der Waals surface area contributed by atoms with Gasteiger partial charge in [-0.2, -0.15) is 5.26 Å². The first-order valence-electron chi connectivity index (χ1n) is 11.5. The Hall–Kier alpha value is -3.52. The van der Waals surface area contributed by atoms with E-state index in [0.717, 1.165) is 12.8 Å². The highest BCUT2D eigenvalue weighted by Gasteiger charge is 2.19. The molecule has 3 aromatic rings. The number of nitriles is 1. The second-order valence-electron chi connectivity index (χ2n) is 8.12. The van der Waals surface area contributed by atoms with E-state index >= 15 is 0 Å². The molecular weight excluding hydrogens is 455 g/mol. The van der Waals surface area contributed by atoms with Crippen LogP contribution in [0.25, 0.3) is 22.2 Å². The number of carbonyl (C=O) groups is 1. The van der Waals surface area contributed by atoms with E-state index in [2.05, 4.69) is 12.2 Å². The Kier molecular flexibility index (Phi) is 9.14. The summed E-state index contributed by atoms with van der Waals surface area (Å²) in [7, 11) is 0. The van der Waals surface area contributed by atoms with E-state index in [9.17, 15) is 24.3 Å². The number of fused-ring (bicyclic) bond motifs is 1. The lowest BCUT2D eigenvalue weighted by molar-refractivity contribution is -0.129. The van der Waals surface area contributed by atoms with Crippen LogP contribution in [0, 0.1) is 17.1 Å². The van der Waals surface area contributed by atoms with Crippen LogP contribution in [-0.4, -0.2) is 47.5 Å². The van der Waals surface area contributed by atoms with Gasteiger partial charge in [0.15, 0.2) is 5.58 Å². The molecule has 2 atom stereocenters. The number of amides is 1. The van der Waals surface area contributed by atoms with Gasteiger partial charge in [0.2, 0.25) is 0 Å². The molecule has 186 valence electrons. The van der Waals surface area contributed by atoms with Crippen LogP contribution in [0.5, 0.6) is 0 Å². The van der Waals surface area contributed by atoms with Crippen LogP contribution >= 0.6 is 0 Å². The van der Waals surface area contributed by atoms with Gasteiger partial charge in [-0.1, -0.05) is 31.5 Å². The van der Waals surface area contributed by atoms with Crippen molar-refractivity contribution in [1.29, 1.82) is 5.26 Å². The number of hydrogen-bond donors (Lipinski definition) is 3. The predicted octanol–water partition coefficient (Wildman–Crippen LogP) is 2.09. The average molecular weight is 485 g/mol. The van der Waals surface area contributed by atoms with E-state index in [1.165, 1.54) is 16.7 Å². The topological polar surface area (TPSA) is 144 Å². The molecule has 0 bridgehead atoms. The van der Waals surface area contributed by atoms with Gasteiger partial charge in [0.05, 0.1) is 24.7 Å². The fourth-order valence-corrected chi connectivity index (χ4v) is 3.57. The molecule has 0 spiro atoms. The Morgan fingerprint density at radius 2 is 2.03 bits per heavy atom. The van der Waals surface area contributed by atoms with Gasteiger partial charge in [0.1, 0.15) is 18.0 Å². The number of carbonyl (C=O) groups excluding carboxylic acids is 1. The summed E-state index contributed by atoms with van der Waals surface area (Å²) in [4.78, 5) is 24.1. The van der Waals surface area contributed by atoms with E-state index in [4.69, 9.17) is 14.9 Å². The van der Waals surface area contributed by atoms with Gasteiger partial charge in [0, 0.05) is 19.6 Å². The molecule has 0 radical (unpaired) electrons. The molecule has 2 aromatic carbocycles. The number of nitrogens with two attached hydrogens (primary N) is 1. The third-order valence-electron chi connectivity index (χ3n) is 5.58. The summed E-state index contributed by atoms with van der Waals surface area (Å²) in [6.45, 7) is 3.13. The molecule has 3 rings (SSSR count). The third-order valence-corrected chi connectivity index (χ3v) is 5.58. The molecule has 1 aromatic heterocycles. The van der Waals surface area contributed by atoms with Crippen LogP contribution in [0.1, 0.15) is 25.3 Å². The monoisotopic (exact) mass is 484 g/mol. The zero-order chi connectivity index (χ0) is 25.4. The maximum Gasteiger partial charge on any atom is 0.420 e. The van der Waals surface area contributed by atoms with Crippen molar-refractivity contribution in [2.45, 2.75) is 44.9 Å². The second-order valence-corrected chi connectivity index (χ2v) is 8.12. The molecule has 1 heterocycles. The molecule has 1 amide bonds. The fraction of sp³-hybridized carbons (Fsp3) is 0.400. The van der Waals surface area contributed by atoms with Crippen molar-refractivity contribution in [3.8, 4) is 17.2 Å². The third kappa shape index (κ3) is 6.54. The number of unbranched alkanes of at least 4 members (excludes halogenated alkanes) is 1. The van der Waals surface area contributed by atoms with Crippen molar-refractivity contribution in [3.63, 3.8) is 0 Å². The lowest BCUT2D eigenvalue weighted by atomic mass is 10.00. The number of ether oxygens (including phenoxy) is 1. The number of benzene rings is 2. The van der Waals surface area contributed by atoms with Crippen LogP contribution in [0.2, 0.25) is 0 Å². The summed E-state index contributed by atoms with van der Waals surface area (Å²) < 4.78 is 27.2. The Labute approximate surface area is 201 Å². The first-order valence-corrected chi connectivity index (χ1v) is 11.5. The standard InChI is InChI=1S/C25H29FN4O5/c1-2-3-9-34-10-8-30-21-13-17(6-7-23(21)35-25(30)33)16-4-5-18(20(26)12-16)11-19(14-27)29-24(32)22(31)15-28/h4-7,12-13,19,22,31H,2-3,8-11,15,28H2,1H3,(H,29,32)/t19-,22-/m0/s1. The molecule has 0 fully saturated rings. The first-order chi connectivity index (χ1) is 16.9. The first kappa shape index (κ1) is 26.1. The molecule has 0 unspecified atom stereocenters. The van der Waals surface area contributed by atoms with E-state index in [0.29, 0.717) is 42.0 Å². The number of nitrogens with one attached hydrogen (secondary N) is 1. The highest BCUT2D eigenvalue weighted by molar-refractivity contribution is 5.82. The maximum absolute atomic E-state index is 14.9. The maximum atomic E-state index is 14.9. The summed E-state index contributed by atoms with van der Waals surface area (Å²) in [5, 5.41) is 21.1. The van der Waals surface area contributed by atoms with Crippen molar-refractivity contribution < 1.29 is 23.4 Å². The van der Waals surface area contributed by atoms with Gasteiger partial charge < -0.3 is 25.3 Å². The minimum absolute atomic E-state index is 0.0794. The van der Waals surface area contributed by atoms with E-state index < -0.39 is 29.6 Å². The van der Waals surface area contributed by atoms with Gasteiger partial charge in [-0.3, -0.25) is 9.36 Å². The molecule has 4 N–H and O–H groups in total. The number of hydrogen-bond acceptors (Lipinski definition) is 7. The number of rotatable bonds is 12. The molecule has 0 aliphatic rings. The van der Waals surface area contributed by atoms with Gasteiger partial charge in [-0.25, -0.2) is 9.18 Å². The molecule has 0 saturated heterocycles. The van der Waals surface area contributed by atoms with E-state index in [1.54, 1.807) is 24.3 Å². The zero-order valence-electron chi connectivity index (χ0n) is 19.5. The minimum atomic E-state index is -1.43. The van der Waals surface area contributed by atoms with Gasteiger partial charge in [0.25, 0.3) is 5.91 Å². The highest BCUT2D eigenvalue weighted by atomic mass is 19.1. The Morgan fingerprint density at radius 1 is 1.29 bits per heavy atom.